The predicted octanol–water partition coefficient (Wildman–Crippen LogP) is 2.31. The van der Waals surface area contributed by atoms with Crippen LogP contribution in [0.4, 0.5) is 4.39 Å². The maximum atomic E-state index is 13.3. The van der Waals surface area contributed by atoms with Crippen LogP contribution in [0.5, 0.6) is 0 Å². The van der Waals surface area contributed by atoms with E-state index in [0.717, 1.165) is 21.8 Å². The lowest BCUT2D eigenvalue weighted by atomic mass is 10.1. The Morgan fingerprint density at radius 3 is 2.76 bits per heavy atom. The highest BCUT2D eigenvalue weighted by molar-refractivity contribution is 7.98. The van der Waals surface area contributed by atoms with Crippen molar-refractivity contribution in [2.75, 3.05) is 0 Å². The Hall–Kier alpha value is -1.33. The number of benzene rings is 1. The first-order valence-electron chi connectivity index (χ1n) is 5.27. The van der Waals surface area contributed by atoms with E-state index in [-0.39, 0.29) is 5.82 Å². The third-order valence-electron chi connectivity index (χ3n) is 2.34. The summed E-state index contributed by atoms with van der Waals surface area (Å²) in [4.78, 5) is 1.08. The van der Waals surface area contributed by atoms with Crippen molar-refractivity contribution < 1.29 is 4.39 Å². The minimum atomic E-state index is -0.227. The number of rotatable bonds is 4. The highest BCUT2D eigenvalue weighted by Gasteiger charge is 2.02. The third kappa shape index (κ3) is 3.31. The minimum Gasteiger partial charge on any atom is -0.326 e. The summed E-state index contributed by atoms with van der Waals surface area (Å²) in [6.07, 6.45) is 3.74. The van der Waals surface area contributed by atoms with Gasteiger partial charge in [0.2, 0.25) is 0 Å². The molecule has 0 atom stereocenters. The second kappa shape index (κ2) is 5.33. The first kappa shape index (κ1) is 12.1. The van der Waals surface area contributed by atoms with Crippen LogP contribution in [0, 0.1) is 5.82 Å². The van der Waals surface area contributed by atoms with E-state index < -0.39 is 0 Å². The number of hydrogen-bond donors (Lipinski definition) is 1. The lowest BCUT2D eigenvalue weighted by Gasteiger charge is -2.03. The Balaban J connectivity index is 2.05. The van der Waals surface area contributed by atoms with Gasteiger partial charge in [0.25, 0.3) is 0 Å². The zero-order valence-electron chi connectivity index (χ0n) is 9.56. The van der Waals surface area contributed by atoms with E-state index in [0.29, 0.717) is 6.54 Å². The van der Waals surface area contributed by atoms with Gasteiger partial charge in [-0.15, -0.1) is 11.8 Å². The van der Waals surface area contributed by atoms with Crippen LogP contribution < -0.4 is 5.73 Å². The summed E-state index contributed by atoms with van der Waals surface area (Å²) < 4.78 is 15.0. The molecule has 0 aliphatic heterocycles. The molecule has 1 aromatic carbocycles. The van der Waals surface area contributed by atoms with Gasteiger partial charge in [0.1, 0.15) is 5.82 Å². The molecule has 0 fully saturated rings. The largest absolute Gasteiger partial charge is 0.326 e. The van der Waals surface area contributed by atoms with Crippen LogP contribution in [-0.2, 0) is 19.3 Å². The van der Waals surface area contributed by atoms with Gasteiger partial charge in [-0.25, -0.2) is 4.39 Å². The highest BCUT2D eigenvalue weighted by Crippen LogP contribution is 2.22. The Bertz CT molecular complexity index is 510. The summed E-state index contributed by atoms with van der Waals surface area (Å²) in [7, 11) is 1.87. The van der Waals surface area contributed by atoms with Gasteiger partial charge in [-0.3, -0.25) is 4.68 Å². The third-order valence-corrected chi connectivity index (χ3v) is 3.36. The lowest BCUT2D eigenvalue weighted by Crippen LogP contribution is -1.98. The zero-order valence-corrected chi connectivity index (χ0v) is 10.4. The fourth-order valence-corrected chi connectivity index (χ4v) is 2.41. The van der Waals surface area contributed by atoms with Gasteiger partial charge in [0.05, 0.1) is 6.20 Å². The molecule has 0 aliphatic carbocycles. The van der Waals surface area contributed by atoms with Crippen LogP contribution in [0.25, 0.3) is 0 Å². The molecule has 1 heterocycles. The first-order chi connectivity index (χ1) is 8.17. The Morgan fingerprint density at radius 2 is 2.12 bits per heavy atom. The fourth-order valence-electron chi connectivity index (χ4n) is 1.56. The number of thioether (sulfide) groups is 1. The Morgan fingerprint density at radius 1 is 1.35 bits per heavy atom. The second-order valence-electron chi connectivity index (χ2n) is 3.81. The molecule has 1 aromatic heterocycles. The summed E-state index contributed by atoms with van der Waals surface area (Å²) in [6, 6.07) is 4.95. The van der Waals surface area contributed by atoms with E-state index >= 15 is 0 Å². The molecule has 0 saturated heterocycles. The average Bonchev–Trinajstić information content (AvgIpc) is 2.72. The average molecular weight is 251 g/mol. The Labute approximate surface area is 104 Å². The van der Waals surface area contributed by atoms with Crippen molar-refractivity contribution in [3.05, 3.63) is 47.5 Å². The van der Waals surface area contributed by atoms with Crippen LogP contribution >= 0.6 is 11.8 Å². The molecule has 0 aliphatic rings. The molecule has 90 valence electrons. The van der Waals surface area contributed by atoms with Crippen LogP contribution in [0.15, 0.2) is 35.5 Å². The number of aromatic nitrogens is 2. The first-order valence-corrected chi connectivity index (χ1v) is 6.26. The quantitative estimate of drug-likeness (QED) is 0.848. The summed E-state index contributed by atoms with van der Waals surface area (Å²) in [5.41, 5.74) is 7.28. The molecule has 0 unspecified atom stereocenters. The summed E-state index contributed by atoms with van der Waals surface area (Å²) >= 11 is 1.63. The van der Waals surface area contributed by atoms with Gasteiger partial charge in [-0.05, 0) is 23.3 Å². The van der Waals surface area contributed by atoms with Gasteiger partial charge in [-0.2, -0.15) is 5.10 Å². The van der Waals surface area contributed by atoms with Gasteiger partial charge in [0, 0.05) is 30.4 Å². The zero-order chi connectivity index (χ0) is 12.3. The molecule has 17 heavy (non-hydrogen) atoms. The predicted molar refractivity (Wildman–Crippen MR) is 67.1 cm³/mol. The summed E-state index contributed by atoms with van der Waals surface area (Å²) in [5, 5.41) is 4.08. The molecule has 2 N–H and O–H groups in total. The molecule has 0 saturated carbocycles. The smallest absolute Gasteiger partial charge is 0.123 e. The van der Waals surface area contributed by atoms with Crippen molar-refractivity contribution in [1.82, 2.24) is 9.78 Å². The summed E-state index contributed by atoms with van der Waals surface area (Å²) in [6.45, 7) is 0.363. The SMILES string of the molecule is Cn1cc(SCc2cc(F)cc(CN)c2)cn1. The lowest BCUT2D eigenvalue weighted by molar-refractivity contribution is 0.624. The van der Waals surface area contributed by atoms with Crippen LogP contribution in [-0.4, -0.2) is 9.78 Å². The molecule has 0 spiro atoms. The van der Waals surface area contributed by atoms with Gasteiger partial charge in [0.15, 0.2) is 0 Å². The molecule has 2 aromatic rings. The number of halogens is 1. The van der Waals surface area contributed by atoms with Crippen molar-refractivity contribution >= 4 is 11.8 Å². The Kier molecular flexibility index (Phi) is 3.81. The molecular formula is C12H14FN3S. The molecule has 3 nitrogen and oxygen atoms in total. The van der Waals surface area contributed by atoms with Crippen molar-refractivity contribution in [3.63, 3.8) is 0 Å². The van der Waals surface area contributed by atoms with Crippen LogP contribution in [0.1, 0.15) is 11.1 Å². The standard InChI is InChI=1S/C12H14FN3S/c1-16-7-12(6-15-16)17-8-10-2-9(5-14)3-11(13)4-10/h2-4,6-7H,5,8,14H2,1H3. The minimum absolute atomic E-state index is 0.227. The molecule has 5 heteroatoms. The van der Waals surface area contributed by atoms with Crippen molar-refractivity contribution in [3.8, 4) is 0 Å². The van der Waals surface area contributed by atoms with Crippen molar-refractivity contribution in [2.45, 2.75) is 17.2 Å². The van der Waals surface area contributed by atoms with E-state index in [1.165, 1.54) is 6.07 Å². The molecule has 0 amide bonds. The normalized spacial score (nSPS) is 10.8. The van der Waals surface area contributed by atoms with E-state index in [4.69, 9.17) is 5.73 Å². The van der Waals surface area contributed by atoms with Gasteiger partial charge >= 0.3 is 0 Å². The van der Waals surface area contributed by atoms with E-state index in [9.17, 15) is 4.39 Å². The van der Waals surface area contributed by atoms with E-state index in [2.05, 4.69) is 5.10 Å². The number of aryl methyl sites for hydroxylation is 1. The van der Waals surface area contributed by atoms with Crippen LogP contribution in [0.2, 0.25) is 0 Å². The topological polar surface area (TPSA) is 43.8 Å². The molecule has 2 rings (SSSR count). The fraction of sp³-hybridized carbons (Fsp3) is 0.250. The maximum Gasteiger partial charge on any atom is 0.123 e. The van der Waals surface area contributed by atoms with Gasteiger partial charge < -0.3 is 5.73 Å². The monoisotopic (exact) mass is 251 g/mol. The van der Waals surface area contributed by atoms with E-state index in [1.54, 1.807) is 28.7 Å². The molecule has 0 radical (unpaired) electrons. The van der Waals surface area contributed by atoms with Crippen LogP contribution in [0.3, 0.4) is 0 Å². The van der Waals surface area contributed by atoms with E-state index in [1.807, 2.05) is 19.3 Å². The van der Waals surface area contributed by atoms with Crippen molar-refractivity contribution in [1.29, 1.82) is 0 Å². The summed E-state index contributed by atoms with van der Waals surface area (Å²) in [5.74, 6) is 0.492. The number of hydrogen-bond acceptors (Lipinski definition) is 3. The molecular weight excluding hydrogens is 237 g/mol. The second-order valence-corrected chi connectivity index (χ2v) is 4.86. The van der Waals surface area contributed by atoms with Crippen molar-refractivity contribution in [2.24, 2.45) is 12.8 Å². The number of nitrogens with zero attached hydrogens (tertiary/aromatic N) is 2. The molecule has 0 bridgehead atoms. The van der Waals surface area contributed by atoms with Gasteiger partial charge in [-0.1, -0.05) is 6.07 Å². The maximum absolute atomic E-state index is 13.3. The number of nitrogens with two attached hydrogens (primary N) is 1. The highest BCUT2D eigenvalue weighted by atomic mass is 32.2.